The van der Waals surface area contributed by atoms with Gasteiger partial charge < -0.3 is 10.2 Å². The van der Waals surface area contributed by atoms with Crippen molar-refractivity contribution in [1.82, 2.24) is 25.4 Å². The molecule has 1 fully saturated rings. The molecule has 186 valence electrons. The van der Waals surface area contributed by atoms with Crippen LogP contribution >= 0.6 is 0 Å². The Morgan fingerprint density at radius 2 is 1.97 bits per heavy atom. The average Bonchev–Trinajstić information content (AvgIpc) is 3.37. The number of hydrogen-bond donors (Lipinski definition) is 2. The predicted molar refractivity (Wildman–Crippen MR) is 139 cm³/mol. The van der Waals surface area contributed by atoms with Crippen molar-refractivity contribution in [3.8, 4) is 11.4 Å². The number of benzene rings is 2. The molecule has 0 unspecified atom stereocenters. The van der Waals surface area contributed by atoms with E-state index in [0.29, 0.717) is 30.3 Å². The fraction of sp³-hybridized carbons (Fsp3) is 0.500. The molecular weight excluding hydrogens is 438 g/mol. The van der Waals surface area contributed by atoms with Crippen molar-refractivity contribution in [3.63, 3.8) is 0 Å². The van der Waals surface area contributed by atoms with Crippen molar-refractivity contribution >= 4 is 22.5 Å². The molecule has 0 radical (unpaired) electrons. The molecule has 1 aliphatic rings. The fourth-order valence-corrected chi connectivity index (χ4v) is 4.86. The number of carbonyl (C=O) groups is 2. The van der Waals surface area contributed by atoms with Gasteiger partial charge in [-0.1, -0.05) is 56.2 Å². The van der Waals surface area contributed by atoms with Crippen LogP contribution in [0.15, 0.2) is 42.5 Å². The molecule has 2 heterocycles. The Balaban J connectivity index is 1.46. The van der Waals surface area contributed by atoms with Crippen LogP contribution in [0, 0.1) is 5.92 Å². The zero-order valence-electron chi connectivity index (χ0n) is 20.9. The summed E-state index contributed by atoms with van der Waals surface area (Å²) in [6.45, 7) is 3.74. The first-order valence-electron chi connectivity index (χ1n) is 13.0. The van der Waals surface area contributed by atoms with E-state index in [-0.39, 0.29) is 17.9 Å². The van der Waals surface area contributed by atoms with Crippen LogP contribution in [0.25, 0.3) is 22.2 Å². The minimum Gasteiger partial charge on any atom is -0.346 e. The Morgan fingerprint density at radius 3 is 2.77 bits per heavy atom. The smallest absolute Gasteiger partial charge is 0.224 e. The Kier molecular flexibility index (Phi) is 8.64. The second kappa shape index (κ2) is 12.1. The SMILES string of the molecule is CCC(=O)CCCCC[C@H](NC(=O)[C@H]1CCCN(C)C1)c1nc(-c2ccc3ccccc3c2)n[nH]1. The predicted octanol–water partition coefficient (Wildman–Crippen LogP) is 5.05. The first-order chi connectivity index (χ1) is 17.0. The molecule has 4 rings (SSSR count). The number of rotatable bonds is 11. The zero-order chi connectivity index (χ0) is 24.6. The first-order valence-corrected chi connectivity index (χ1v) is 13.0. The van der Waals surface area contributed by atoms with Crippen LogP contribution in [0.3, 0.4) is 0 Å². The molecule has 1 amide bonds. The monoisotopic (exact) mass is 475 g/mol. The number of nitrogens with one attached hydrogen (secondary N) is 2. The normalized spacial score (nSPS) is 17.4. The molecule has 0 aliphatic carbocycles. The summed E-state index contributed by atoms with van der Waals surface area (Å²) in [5.41, 5.74) is 0.947. The van der Waals surface area contributed by atoms with Gasteiger partial charge in [0, 0.05) is 24.9 Å². The van der Waals surface area contributed by atoms with E-state index < -0.39 is 0 Å². The number of piperidine rings is 1. The minimum atomic E-state index is -0.224. The summed E-state index contributed by atoms with van der Waals surface area (Å²) in [6, 6.07) is 14.2. The van der Waals surface area contributed by atoms with Gasteiger partial charge in [0.2, 0.25) is 5.91 Å². The molecule has 0 bridgehead atoms. The number of amides is 1. The summed E-state index contributed by atoms with van der Waals surface area (Å²) in [7, 11) is 2.07. The number of likely N-dealkylation sites (tertiary alicyclic amines) is 1. The lowest BCUT2D eigenvalue weighted by Crippen LogP contribution is -2.42. The number of Topliss-reactive ketones (excluding diaryl/α,β-unsaturated/α-hetero) is 1. The standard InChI is InChI=1S/C28H37N5O2/c1-3-24(34)13-5-4-6-14-25(29-28(35)23-12-9-17-33(2)19-23)27-30-26(31-32-27)22-16-15-20-10-7-8-11-21(20)18-22/h7-8,10-11,15-16,18,23,25H,3-6,9,12-14,17,19H2,1-2H3,(H,29,35)(H,30,31,32)/t23-,25-/m0/s1. The van der Waals surface area contributed by atoms with Crippen molar-refractivity contribution in [2.45, 2.75) is 64.3 Å². The van der Waals surface area contributed by atoms with Crippen molar-refractivity contribution in [3.05, 3.63) is 48.3 Å². The lowest BCUT2D eigenvalue weighted by molar-refractivity contribution is -0.127. The zero-order valence-corrected chi connectivity index (χ0v) is 20.9. The number of aromatic nitrogens is 3. The topological polar surface area (TPSA) is 91.0 Å². The number of H-pyrrole nitrogens is 1. The van der Waals surface area contributed by atoms with Gasteiger partial charge in [-0.3, -0.25) is 14.7 Å². The minimum absolute atomic E-state index is 0.00121. The molecule has 1 aliphatic heterocycles. The van der Waals surface area contributed by atoms with Gasteiger partial charge in [0.15, 0.2) is 5.82 Å². The Morgan fingerprint density at radius 1 is 1.14 bits per heavy atom. The summed E-state index contributed by atoms with van der Waals surface area (Å²) < 4.78 is 0. The third kappa shape index (κ3) is 6.75. The summed E-state index contributed by atoms with van der Waals surface area (Å²) in [5.74, 6) is 1.73. The number of fused-ring (bicyclic) bond motifs is 1. The Labute approximate surface area is 207 Å². The lowest BCUT2D eigenvalue weighted by atomic mass is 9.96. The molecule has 7 nitrogen and oxygen atoms in total. The maximum absolute atomic E-state index is 13.1. The van der Waals surface area contributed by atoms with E-state index in [1.165, 1.54) is 5.39 Å². The number of unbranched alkanes of at least 4 members (excludes halogenated alkanes) is 2. The summed E-state index contributed by atoms with van der Waals surface area (Å²) in [5, 5.41) is 13.2. The molecule has 3 aromatic rings. The van der Waals surface area contributed by atoms with Crippen LogP contribution in [-0.4, -0.2) is 51.9 Å². The van der Waals surface area contributed by atoms with Crippen LogP contribution in [0.4, 0.5) is 0 Å². The van der Waals surface area contributed by atoms with Crippen molar-refractivity contribution in [1.29, 1.82) is 0 Å². The number of nitrogens with zero attached hydrogens (tertiary/aromatic N) is 3. The molecule has 7 heteroatoms. The van der Waals surface area contributed by atoms with E-state index in [2.05, 4.69) is 51.7 Å². The molecule has 2 N–H and O–H groups in total. The van der Waals surface area contributed by atoms with Crippen LogP contribution in [0.2, 0.25) is 0 Å². The molecule has 1 aromatic heterocycles. The van der Waals surface area contributed by atoms with Crippen LogP contribution < -0.4 is 5.32 Å². The molecule has 0 saturated carbocycles. The third-order valence-electron chi connectivity index (χ3n) is 6.99. The van der Waals surface area contributed by atoms with E-state index >= 15 is 0 Å². The van der Waals surface area contributed by atoms with Crippen LogP contribution in [0.1, 0.15) is 70.2 Å². The fourth-order valence-electron chi connectivity index (χ4n) is 4.86. The summed E-state index contributed by atoms with van der Waals surface area (Å²) in [4.78, 5) is 31.8. The van der Waals surface area contributed by atoms with Crippen LogP contribution in [-0.2, 0) is 9.59 Å². The largest absolute Gasteiger partial charge is 0.346 e. The molecule has 2 atom stereocenters. The van der Waals surface area contributed by atoms with Gasteiger partial charge in [0.1, 0.15) is 11.6 Å². The number of ketones is 1. The van der Waals surface area contributed by atoms with Gasteiger partial charge in [-0.2, -0.15) is 5.10 Å². The van der Waals surface area contributed by atoms with Gasteiger partial charge in [-0.25, -0.2) is 4.98 Å². The Bertz CT molecular complexity index is 1140. The van der Waals surface area contributed by atoms with Gasteiger partial charge in [-0.05, 0) is 56.1 Å². The van der Waals surface area contributed by atoms with E-state index in [4.69, 9.17) is 4.98 Å². The number of carbonyl (C=O) groups excluding carboxylic acids is 2. The van der Waals surface area contributed by atoms with E-state index in [1.54, 1.807) is 0 Å². The van der Waals surface area contributed by atoms with E-state index in [9.17, 15) is 9.59 Å². The van der Waals surface area contributed by atoms with Gasteiger partial charge in [-0.15, -0.1) is 0 Å². The third-order valence-corrected chi connectivity index (χ3v) is 6.99. The lowest BCUT2D eigenvalue weighted by Gasteiger charge is -2.30. The van der Waals surface area contributed by atoms with E-state index in [0.717, 1.165) is 62.6 Å². The summed E-state index contributed by atoms with van der Waals surface area (Å²) >= 11 is 0. The second-order valence-electron chi connectivity index (χ2n) is 9.76. The highest BCUT2D eigenvalue weighted by Crippen LogP contribution is 2.25. The summed E-state index contributed by atoms with van der Waals surface area (Å²) in [6.07, 6.45) is 6.72. The molecular formula is C28H37N5O2. The van der Waals surface area contributed by atoms with Gasteiger partial charge in [0.25, 0.3) is 0 Å². The molecule has 0 spiro atoms. The quantitative estimate of drug-likeness (QED) is 0.379. The second-order valence-corrected chi connectivity index (χ2v) is 9.76. The number of hydrogen-bond acceptors (Lipinski definition) is 5. The van der Waals surface area contributed by atoms with Crippen molar-refractivity contribution in [2.75, 3.05) is 20.1 Å². The van der Waals surface area contributed by atoms with Gasteiger partial charge in [0.05, 0.1) is 12.0 Å². The maximum Gasteiger partial charge on any atom is 0.224 e. The highest BCUT2D eigenvalue weighted by molar-refractivity contribution is 5.86. The molecule has 2 aromatic carbocycles. The van der Waals surface area contributed by atoms with Crippen molar-refractivity contribution < 1.29 is 9.59 Å². The average molecular weight is 476 g/mol. The Hall–Kier alpha value is -3.06. The van der Waals surface area contributed by atoms with Gasteiger partial charge >= 0.3 is 0 Å². The van der Waals surface area contributed by atoms with Crippen LogP contribution in [0.5, 0.6) is 0 Å². The van der Waals surface area contributed by atoms with E-state index in [1.807, 2.05) is 25.1 Å². The first kappa shape index (κ1) is 25.0. The molecule has 1 saturated heterocycles. The maximum atomic E-state index is 13.1. The number of aromatic amines is 1. The molecule has 35 heavy (non-hydrogen) atoms. The van der Waals surface area contributed by atoms with Crippen molar-refractivity contribution in [2.24, 2.45) is 5.92 Å². The highest BCUT2D eigenvalue weighted by atomic mass is 16.2. The highest BCUT2D eigenvalue weighted by Gasteiger charge is 2.27.